The van der Waals surface area contributed by atoms with Gasteiger partial charge in [0.1, 0.15) is 24.0 Å². The van der Waals surface area contributed by atoms with Crippen LogP contribution >= 0.6 is 0 Å². The summed E-state index contributed by atoms with van der Waals surface area (Å²) >= 11 is 0. The Kier molecular flexibility index (Phi) is 7.98. The van der Waals surface area contributed by atoms with Crippen LogP contribution in [0.5, 0.6) is 11.5 Å². The number of rotatable bonds is 8. The summed E-state index contributed by atoms with van der Waals surface area (Å²) in [6, 6.07) is 5.18. The number of hydrogen-bond donors (Lipinski definition) is 1. The molecule has 3 atom stereocenters. The molecule has 0 radical (unpaired) electrons. The van der Waals surface area contributed by atoms with Crippen molar-refractivity contribution in [1.29, 1.82) is 0 Å². The van der Waals surface area contributed by atoms with Crippen molar-refractivity contribution in [1.82, 2.24) is 5.32 Å². The molecule has 0 spiro atoms. The second-order valence-corrected chi connectivity index (χ2v) is 8.27. The van der Waals surface area contributed by atoms with Crippen LogP contribution in [0.4, 0.5) is 0 Å². The Hall–Kier alpha value is -3.33. The quantitative estimate of drug-likeness (QED) is 0.346. The number of ether oxygens (including phenoxy) is 5. The lowest BCUT2D eigenvalue weighted by Crippen LogP contribution is -2.43. The number of allylic oxidation sites excluding steroid dienone is 3. The van der Waals surface area contributed by atoms with Crippen LogP contribution in [-0.2, 0) is 28.6 Å². The summed E-state index contributed by atoms with van der Waals surface area (Å²) in [7, 11) is 5.81. The fourth-order valence-electron chi connectivity index (χ4n) is 4.62. The van der Waals surface area contributed by atoms with E-state index in [1.165, 1.54) is 28.4 Å². The number of hydrogen-bond acceptors (Lipinski definition) is 9. The van der Waals surface area contributed by atoms with Gasteiger partial charge >= 0.3 is 11.9 Å². The number of carbonyl (C=O) groups excluding carboxylic acids is 3. The van der Waals surface area contributed by atoms with Gasteiger partial charge in [-0.1, -0.05) is 6.92 Å². The molecule has 0 amide bonds. The molecule has 0 fully saturated rings. The second kappa shape index (κ2) is 10.7. The first-order valence-corrected chi connectivity index (χ1v) is 11.0. The Balaban J connectivity index is 2.22. The minimum Gasteiger partial charge on any atom is -0.497 e. The van der Waals surface area contributed by atoms with E-state index in [0.29, 0.717) is 40.5 Å². The third-order valence-corrected chi connectivity index (χ3v) is 6.23. The molecule has 34 heavy (non-hydrogen) atoms. The molecule has 1 aromatic carbocycles. The summed E-state index contributed by atoms with van der Waals surface area (Å²) < 4.78 is 26.4. The molecule has 184 valence electrons. The van der Waals surface area contributed by atoms with Gasteiger partial charge in [0.25, 0.3) is 0 Å². The number of nitrogens with one attached hydrogen (secondary N) is 1. The topological polar surface area (TPSA) is 109 Å². The maximum Gasteiger partial charge on any atom is 0.336 e. The fourth-order valence-corrected chi connectivity index (χ4v) is 4.62. The van der Waals surface area contributed by atoms with Crippen LogP contribution in [0.3, 0.4) is 0 Å². The number of dihydropyridines is 1. The van der Waals surface area contributed by atoms with Gasteiger partial charge in [-0.2, -0.15) is 0 Å². The number of esters is 2. The molecule has 9 heteroatoms. The number of ketones is 1. The monoisotopic (exact) mass is 473 g/mol. The van der Waals surface area contributed by atoms with Crippen molar-refractivity contribution in [2.24, 2.45) is 11.8 Å². The van der Waals surface area contributed by atoms with Crippen molar-refractivity contribution in [3.63, 3.8) is 0 Å². The Morgan fingerprint density at radius 2 is 1.82 bits per heavy atom. The van der Waals surface area contributed by atoms with E-state index < -0.39 is 29.6 Å². The summed E-state index contributed by atoms with van der Waals surface area (Å²) in [5.74, 6) is -2.67. The molecule has 1 aromatic rings. The number of carbonyl (C=O) groups is 3. The second-order valence-electron chi connectivity index (χ2n) is 8.27. The van der Waals surface area contributed by atoms with Crippen LogP contribution < -0.4 is 14.8 Å². The summed E-state index contributed by atoms with van der Waals surface area (Å²) in [5, 5.41) is 3.23. The smallest absolute Gasteiger partial charge is 0.336 e. The first-order chi connectivity index (χ1) is 16.3. The molecule has 0 saturated heterocycles. The van der Waals surface area contributed by atoms with Gasteiger partial charge < -0.3 is 29.0 Å². The standard InChI is InChI=1S/C25H31NO8/c1-13-11-17-22(23(27)19(13)24(28)33-6)21(16-12-15(31-4)7-8-18(16)32-5)20(14(2)26-17)25(29)34-10-9-30-3/h7-8,12-13,19,21,26H,9-11H2,1-6H3/t13-,19-,21+/m1/s1. The normalized spacial score (nSPS) is 22.1. The van der Waals surface area contributed by atoms with Crippen LogP contribution in [0, 0.1) is 11.8 Å². The zero-order chi connectivity index (χ0) is 25.0. The lowest BCUT2D eigenvalue weighted by atomic mass is 9.69. The van der Waals surface area contributed by atoms with Crippen LogP contribution in [-0.4, -0.2) is 59.4 Å². The minimum absolute atomic E-state index is 0.0513. The van der Waals surface area contributed by atoms with Gasteiger partial charge in [0.15, 0.2) is 5.78 Å². The molecular weight excluding hydrogens is 442 g/mol. The molecule has 2 aliphatic rings. The molecule has 1 N–H and O–H groups in total. The lowest BCUT2D eigenvalue weighted by molar-refractivity contribution is -0.151. The first kappa shape index (κ1) is 25.3. The summed E-state index contributed by atoms with van der Waals surface area (Å²) in [6.45, 7) is 3.88. The predicted octanol–water partition coefficient (Wildman–Crippen LogP) is 2.51. The molecular formula is C25H31NO8. The van der Waals surface area contributed by atoms with Crippen molar-refractivity contribution < 1.29 is 38.1 Å². The fraction of sp³-hybridized carbons (Fsp3) is 0.480. The minimum atomic E-state index is -0.978. The Morgan fingerprint density at radius 3 is 2.44 bits per heavy atom. The van der Waals surface area contributed by atoms with Gasteiger partial charge in [-0.05, 0) is 37.5 Å². The Labute approximate surface area is 199 Å². The molecule has 1 heterocycles. The Bertz CT molecular complexity index is 1040. The van der Waals surface area contributed by atoms with Gasteiger partial charge in [0.2, 0.25) is 0 Å². The maximum atomic E-state index is 13.8. The number of methoxy groups -OCH3 is 4. The van der Waals surface area contributed by atoms with E-state index in [1.54, 1.807) is 25.1 Å². The van der Waals surface area contributed by atoms with Crippen LogP contribution in [0.25, 0.3) is 0 Å². The highest BCUT2D eigenvalue weighted by atomic mass is 16.6. The van der Waals surface area contributed by atoms with Gasteiger partial charge in [-0.15, -0.1) is 0 Å². The van der Waals surface area contributed by atoms with Crippen molar-refractivity contribution in [3.8, 4) is 11.5 Å². The van der Waals surface area contributed by atoms with Gasteiger partial charge in [-0.25, -0.2) is 4.79 Å². The van der Waals surface area contributed by atoms with Crippen molar-refractivity contribution in [2.45, 2.75) is 26.2 Å². The van der Waals surface area contributed by atoms with E-state index in [1.807, 2.05) is 6.92 Å². The largest absolute Gasteiger partial charge is 0.497 e. The molecule has 0 saturated carbocycles. The first-order valence-electron chi connectivity index (χ1n) is 11.0. The molecule has 1 aliphatic carbocycles. The molecule has 0 bridgehead atoms. The third-order valence-electron chi connectivity index (χ3n) is 6.23. The summed E-state index contributed by atoms with van der Waals surface area (Å²) in [4.78, 5) is 39.6. The molecule has 0 unspecified atom stereocenters. The average molecular weight is 474 g/mol. The van der Waals surface area contributed by atoms with Gasteiger partial charge in [-0.3, -0.25) is 9.59 Å². The number of benzene rings is 1. The average Bonchev–Trinajstić information content (AvgIpc) is 2.82. The SMILES string of the molecule is COCCOC(=O)C1=C(C)NC2=C(C(=O)[C@H](C(=O)OC)[C@H](C)C2)[C@H]1c1cc(OC)ccc1OC. The molecule has 1 aliphatic heterocycles. The van der Waals surface area contributed by atoms with E-state index in [9.17, 15) is 14.4 Å². The van der Waals surface area contributed by atoms with Crippen LogP contribution in [0.2, 0.25) is 0 Å². The van der Waals surface area contributed by atoms with E-state index in [0.717, 1.165) is 0 Å². The Morgan fingerprint density at radius 1 is 1.09 bits per heavy atom. The highest BCUT2D eigenvalue weighted by Crippen LogP contribution is 2.48. The molecule has 9 nitrogen and oxygen atoms in total. The molecule has 0 aromatic heterocycles. The maximum absolute atomic E-state index is 13.8. The third kappa shape index (κ3) is 4.65. The van der Waals surface area contributed by atoms with Crippen LogP contribution in [0.15, 0.2) is 40.7 Å². The predicted molar refractivity (Wildman–Crippen MR) is 122 cm³/mol. The van der Waals surface area contributed by atoms with E-state index >= 15 is 0 Å². The zero-order valence-electron chi connectivity index (χ0n) is 20.4. The van der Waals surface area contributed by atoms with Crippen molar-refractivity contribution in [2.75, 3.05) is 41.7 Å². The molecule has 3 rings (SSSR count). The summed E-state index contributed by atoms with van der Waals surface area (Å²) in [5.41, 5.74) is 2.36. The zero-order valence-corrected chi connectivity index (χ0v) is 20.4. The summed E-state index contributed by atoms with van der Waals surface area (Å²) in [6.07, 6.45) is 0.437. The van der Waals surface area contributed by atoms with Gasteiger partial charge in [0.05, 0.1) is 39.4 Å². The lowest BCUT2D eigenvalue weighted by Gasteiger charge is -2.38. The van der Waals surface area contributed by atoms with E-state index in [-0.39, 0.29) is 24.7 Å². The van der Waals surface area contributed by atoms with E-state index in [2.05, 4.69) is 5.32 Å². The number of Topliss-reactive ketones (excluding diaryl/α,β-unsaturated/α-hetero) is 1. The van der Waals surface area contributed by atoms with Crippen molar-refractivity contribution in [3.05, 3.63) is 46.3 Å². The van der Waals surface area contributed by atoms with Gasteiger partial charge in [0, 0.05) is 29.6 Å². The highest BCUT2D eigenvalue weighted by molar-refractivity contribution is 6.12. The van der Waals surface area contributed by atoms with Crippen LogP contribution in [0.1, 0.15) is 31.7 Å². The highest BCUT2D eigenvalue weighted by Gasteiger charge is 2.48. The van der Waals surface area contributed by atoms with E-state index in [4.69, 9.17) is 23.7 Å². The van der Waals surface area contributed by atoms with Crippen molar-refractivity contribution >= 4 is 17.7 Å².